The predicted molar refractivity (Wildman–Crippen MR) is 90.1 cm³/mol. The Balaban J connectivity index is 1.84. The van der Waals surface area contributed by atoms with Crippen molar-refractivity contribution in [3.05, 3.63) is 69.8 Å². The minimum Gasteiger partial charge on any atom is -0.484 e. The Labute approximate surface area is 139 Å². The second kappa shape index (κ2) is 8.42. The summed E-state index contributed by atoms with van der Waals surface area (Å²) in [5.41, 5.74) is 3.91. The van der Waals surface area contributed by atoms with Gasteiger partial charge in [-0.15, -0.1) is 0 Å². The molecule has 24 heavy (non-hydrogen) atoms. The van der Waals surface area contributed by atoms with E-state index in [0.29, 0.717) is 11.3 Å². The number of ether oxygens (including phenoxy) is 1. The van der Waals surface area contributed by atoms with E-state index in [2.05, 4.69) is 10.5 Å². The molecule has 0 unspecified atom stereocenters. The molecule has 2 rings (SSSR count). The lowest BCUT2D eigenvalue weighted by molar-refractivity contribution is -0.384. The number of hydrazone groups is 1. The highest BCUT2D eigenvalue weighted by Gasteiger charge is 2.05. The summed E-state index contributed by atoms with van der Waals surface area (Å²) in [4.78, 5) is 21.9. The molecule has 2 aromatic carbocycles. The van der Waals surface area contributed by atoms with Crippen molar-refractivity contribution in [2.24, 2.45) is 5.10 Å². The minimum absolute atomic E-state index is 0.0376. The van der Waals surface area contributed by atoms with Crippen molar-refractivity contribution in [2.75, 3.05) is 6.61 Å². The van der Waals surface area contributed by atoms with Crippen LogP contribution in [-0.2, 0) is 11.2 Å². The van der Waals surface area contributed by atoms with Crippen molar-refractivity contribution in [3.8, 4) is 5.75 Å². The number of hydrogen-bond acceptors (Lipinski definition) is 5. The van der Waals surface area contributed by atoms with Gasteiger partial charge in [-0.3, -0.25) is 14.9 Å². The molecule has 0 atom stereocenters. The number of rotatable bonds is 7. The van der Waals surface area contributed by atoms with Crippen LogP contribution in [0, 0.1) is 10.1 Å². The van der Waals surface area contributed by atoms with Crippen LogP contribution in [-0.4, -0.2) is 23.7 Å². The molecule has 0 aliphatic heterocycles. The molecule has 0 spiro atoms. The summed E-state index contributed by atoms with van der Waals surface area (Å²) in [6.07, 6.45) is 2.22. The largest absolute Gasteiger partial charge is 0.484 e. The maximum absolute atomic E-state index is 11.7. The van der Waals surface area contributed by atoms with E-state index in [1.165, 1.54) is 18.3 Å². The van der Waals surface area contributed by atoms with E-state index in [0.717, 1.165) is 12.0 Å². The molecule has 0 aliphatic carbocycles. The number of carbonyl (C=O) groups excluding carboxylic acids is 1. The summed E-state index contributed by atoms with van der Waals surface area (Å²) >= 11 is 0. The molecule has 0 fully saturated rings. The lowest BCUT2D eigenvalue weighted by atomic mass is 10.2. The van der Waals surface area contributed by atoms with Gasteiger partial charge in [0.15, 0.2) is 6.61 Å². The van der Waals surface area contributed by atoms with Crippen LogP contribution in [0.2, 0.25) is 0 Å². The van der Waals surface area contributed by atoms with Gasteiger partial charge in [0.1, 0.15) is 5.75 Å². The Morgan fingerprint density at radius 3 is 2.83 bits per heavy atom. The zero-order valence-electron chi connectivity index (χ0n) is 13.1. The lowest BCUT2D eigenvalue weighted by Gasteiger charge is -2.06. The van der Waals surface area contributed by atoms with Crippen molar-refractivity contribution in [1.82, 2.24) is 5.43 Å². The predicted octanol–water partition coefficient (Wildman–Crippen LogP) is 2.69. The SMILES string of the molecule is CCc1cccc(OCC(=O)N/N=C/c2cccc([N+](=O)[O-])c2)c1. The minimum atomic E-state index is -0.492. The number of non-ortho nitro benzene ring substituents is 1. The second-order valence-electron chi connectivity index (χ2n) is 4.93. The van der Waals surface area contributed by atoms with Gasteiger partial charge in [0, 0.05) is 17.7 Å². The van der Waals surface area contributed by atoms with E-state index in [1.807, 2.05) is 25.1 Å². The average Bonchev–Trinajstić information content (AvgIpc) is 2.60. The number of nitrogens with zero attached hydrogens (tertiary/aromatic N) is 2. The van der Waals surface area contributed by atoms with Gasteiger partial charge in [-0.05, 0) is 24.1 Å². The van der Waals surface area contributed by atoms with E-state index < -0.39 is 10.8 Å². The third kappa shape index (κ3) is 5.20. The summed E-state index contributed by atoms with van der Waals surface area (Å²) in [7, 11) is 0. The number of nitro groups is 1. The van der Waals surface area contributed by atoms with Crippen LogP contribution in [0.15, 0.2) is 53.6 Å². The van der Waals surface area contributed by atoms with Gasteiger partial charge in [-0.1, -0.05) is 31.2 Å². The smallest absolute Gasteiger partial charge is 0.277 e. The fraction of sp³-hybridized carbons (Fsp3) is 0.176. The molecule has 1 N–H and O–H groups in total. The zero-order valence-corrected chi connectivity index (χ0v) is 13.1. The molecule has 1 amide bonds. The van der Waals surface area contributed by atoms with Gasteiger partial charge in [0.05, 0.1) is 11.1 Å². The summed E-state index contributed by atoms with van der Waals surface area (Å²) in [5, 5.41) is 14.4. The average molecular weight is 327 g/mol. The zero-order chi connectivity index (χ0) is 17.4. The Morgan fingerprint density at radius 2 is 2.08 bits per heavy atom. The number of aryl methyl sites for hydroxylation is 1. The molecule has 7 heteroatoms. The van der Waals surface area contributed by atoms with Crippen LogP contribution in [0.25, 0.3) is 0 Å². The van der Waals surface area contributed by atoms with E-state index in [1.54, 1.807) is 18.2 Å². The molecule has 0 saturated heterocycles. The lowest BCUT2D eigenvalue weighted by Crippen LogP contribution is -2.24. The van der Waals surface area contributed by atoms with Gasteiger partial charge in [-0.2, -0.15) is 5.10 Å². The monoisotopic (exact) mass is 327 g/mol. The maximum Gasteiger partial charge on any atom is 0.277 e. The van der Waals surface area contributed by atoms with Crippen molar-refractivity contribution < 1.29 is 14.5 Å². The third-order valence-corrected chi connectivity index (χ3v) is 3.16. The highest BCUT2D eigenvalue weighted by Crippen LogP contribution is 2.13. The highest BCUT2D eigenvalue weighted by molar-refractivity contribution is 5.83. The van der Waals surface area contributed by atoms with Crippen molar-refractivity contribution in [3.63, 3.8) is 0 Å². The van der Waals surface area contributed by atoms with Gasteiger partial charge in [0.25, 0.3) is 11.6 Å². The third-order valence-electron chi connectivity index (χ3n) is 3.16. The first-order valence-corrected chi connectivity index (χ1v) is 7.36. The number of hydrogen-bond donors (Lipinski definition) is 1. The highest BCUT2D eigenvalue weighted by atomic mass is 16.6. The number of carbonyl (C=O) groups is 1. The molecule has 0 aromatic heterocycles. The molecule has 0 bridgehead atoms. The molecular formula is C17H17N3O4. The molecule has 0 saturated carbocycles. The number of nitro benzene ring substituents is 1. The molecule has 0 aliphatic rings. The van der Waals surface area contributed by atoms with Crippen LogP contribution in [0.3, 0.4) is 0 Å². The van der Waals surface area contributed by atoms with Crippen molar-refractivity contribution in [2.45, 2.75) is 13.3 Å². The summed E-state index contributed by atoms with van der Waals surface area (Å²) < 4.78 is 5.39. The van der Waals surface area contributed by atoms with Gasteiger partial charge in [-0.25, -0.2) is 5.43 Å². The number of amides is 1. The number of benzene rings is 2. The van der Waals surface area contributed by atoms with E-state index in [9.17, 15) is 14.9 Å². The van der Waals surface area contributed by atoms with Crippen molar-refractivity contribution >= 4 is 17.8 Å². The van der Waals surface area contributed by atoms with Crippen LogP contribution < -0.4 is 10.2 Å². The first-order chi connectivity index (χ1) is 11.6. The topological polar surface area (TPSA) is 93.8 Å². The molecule has 7 nitrogen and oxygen atoms in total. The molecule has 124 valence electrons. The fourth-order valence-corrected chi connectivity index (χ4v) is 1.93. The Hall–Kier alpha value is -3.22. The summed E-state index contributed by atoms with van der Waals surface area (Å²) in [6.45, 7) is 1.87. The first-order valence-electron chi connectivity index (χ1n) is 7.36. The van der Waals surface area contributed by atoms with Crippen LogP contribution in [0.5, 0.6) is 5.75 Å². The summed E-state index contributed by atoms with van der Waals surface area (Å²) in [5.74, 6) is 0.200. The molecular weight excluding hydrogens is 310 g/mol. The number of nitrogens with one attached hydrogen (secondary N) is 1. The fourth-order valence-electron chi connectivity index (χ4n) is 1.93. The second-order valence-corrected chi connectivity index (χ2v) is 4.93. The summed E-state index contributed by atoms with van der Waals surface area (Å²) in [6, 6.07) is 13.4. The standard InChI is InChI=1S/C17H17N3O4/c1-2-13-5-4-8-16(10-13)24-12-17(21)19-18-11-14-6-3-7-15(9-14)20(22)23/h3-11H,2,12H2,1H3,(H,19,21)/b18-11+. The van der Waals surface area contributed by atoms with E-state index >= 15 is 0 Å². The van der Waals surface area contributed by atoms with Gasteiger partial charge in [0.2, 0.25) is 0 Å². The van der Waals surface area contributed by atoms with Gasteiger partial charge >= 0.3 is 0 Å². The molecule has 2 aromatic rings. The Kier molecular flexibility index (Phi) is 6.01. The first kappa shape index (κ1) is 17.1. The van der Waals surface area contributed by atoms with Crippen LogP contribution in [0.4, 0.5) is 5.69 Å². The Morgan fingerprint density at radius 1 is 1.29 bits per heavy atom. The van der Waals surface area contributed by atoms with Gasteiger partial charge < -0.3 is 4.74 Å². The van der Waals surface area contributed by atoms with Crippen molar-refractivity contribution in [1.29, 1.82) is 0 Å². The Bertz CT molecular complexity index is 759. The van der Waals surface area contributed by atoms with E-state index in [4.69, 9.17) is 4.74 Å². The van der Waals surface area contributed by atoms with Crippen LogP contribution in [0.1, 0.15) is 18.1 Å². The normalized spacial score (nSPS) is 10.5. The maximum atomic E-state index is 11.7. The quantitative estimate of drug-likeness (QED) is 0.480. The molecule has 0 radical (unpaired) electrons. The van der Waals surface area contributed by atoms with E-state index in [-0.39, 0.29) is 12.3 Å². The van der Waals surface area contributed by atoms with Crippen LogP contribution >= 0.6 is 0 Å². The molecule has 0 heterocycles.